The van der Waals surface area contributed by atoms with E-state index < -0.39 is 12.1 Å². The van der Waals surface area contributed by atoms with Crippen LogP contribution in [0.4, 0.5) is 5.13 Å². The topological polar surface area (TPSA) is 85.9 Å². The van der Waals surface area contributed by atoms with Gasteiger partial charge in [0.05, 0.1) is 24.4 Å². The average Bonchev–Trinajstić information content (AvgIpc) is 3.36. The maximum atomic E-state index is 9.95. The van der Waals surface area contributed by atoms with Crippen LogP contribution >= 0.6 is 11.3 Å². The number of anilines is 1. The predicted molar refractivity (Wildman–Crippen MR) is 123 cm³/mol. The molecule has 2 aromatic rings. The smallest absolute Gasteiger partial charge is 0.185 e. The number of aliphatic hydroxyl groups excluding tert-OH is 2. The van der Waals surface area contributed by atoms with Crippen LogP contribution in [0.15, 0.2) is 23.6 Å². The Balaban J connectivity index is 1.33. The zero-order valence-corrected chi connectivity index (χ0v) is 18.9. The fourth-order valence-electron chi connectivity index (χ4n) is 4.56. The molecule has 2 heterocycles. The molecule has 1 aromatic carbocycles. The Bertz CT molecular complexity index is 861. The maximum Gasteiger partial charge on any atom is 0.185 e. The van der Waals surface area contributed by atoms with E-state index in [0.29, 0.717) is 11.8 Å². The first-order chi connectivity index (χ1) is 14.4. The number of benzene rings is 1. The first-order valence-corrected chi connectivity index (χ1v) is 11.9. The number of aryl methyl sites for hydroxylation is 1. The fourth-order valence-corrected chi connectivity index (χ4v) is 5.45. The third kappa shape index (κ3) is 4.55. The number of thiazole rings is 1. The van der Waals surface area contributed by atoms with E-state index in [4.69, 9.17) is 15.8 Å². The van der Waals surface area contributed by atoms with Gasteiger partial charge in [-0.1, -0.05) is 26.0 Å². The van der Waals surface area contributed by atoms with E-state index in [2.05, 4.69) is 47.2 Å². The van der Waals surface area contributed by atoms with Gasteiger partial charge >= 0.3 is 0 Å². The molecular formula is C23H34N4O2S. The summed E-state index contributed by atoms with van der Waals surface area (Å²) in [6, 6.07) is 6.31. The van der Waals surface area contributed by atoms with Gasteiger partial charge < -0.3 is 20.8 Å². The molecule has 2 atom stereocenters. The molecule has 0 saturated carbocycles. The number of nitrogens with two attached hydrogens (primary N) is 1. The number of hydrogen-bond acceptors (Lipinski definition) is 7. The number of fused-ring (bicyclic) bond motifs is 1. The number of aliphatic hydroxyl groups is 2. The molecule has 1 aromatic heterocycles. The predicted octanol–water partition coefficient (Wildman–Crippen LogP) is 2.23. The quantitative estimate of drug-likeness (QED) is 0.625. The Labute approximate surface area is 183 Å². The molecule has 1 saturated heterocycles. The van der Waals surface area contributed by atoms with Gasteiger partial charge in [-0.15, -0.1) is 11.3 Å². The van der Waals surface area contributed by atoms with E-state index in [1.807, 2.05) is 0 Å². The Morgan fingerprint density at radius 3 is 2.73 bits per heavy atom. The highest BCUT2D eigenvalue weighted by Gasteiger charge is 2.30. The summed E-state index contributed by atoms with van der Waals surface area (Å²) in [4.78, 5) is 9.65. The molecule has 4 rings (SSSR count). The normalized spacial score (nSPS) is 20.9. The second-order valence-corrected chi connectivity index (χ2v) is 10.1. The van der Waals surface area contributed by atoms with Gasteiger partial charge in [-0.2, -0.15) is 0 Å². The summed E-state index contributed by atoms with van der Waals surface area (Å²) in [5, 5.41) is 22.3. The van der Waals surface area contributed by atoms with Crippen LogP contribution < -0.4 is 10.6 Å². The highest BCUT2D eigenvalue weighted by atomic mass is 32.1. The van der Waals surface area contributed by atoms with E-state index in [1.54, 1.807) is 11.3 Å². The molecule has 2 aliphatic rings. The van der Waals surface area contributed by atoms with Gasteiger partial charge in [-0.05, 0) is 41.9 Å². The molecule has 0 amide bonds. The van der Waals surface area contributed by atoms with E-state index in [-0.39, 0.29) is 6.61 Å². The minimum absolute atomic E-state index is 0.177. The monoisotopic (exact) mass is 430 g/mol. The number of aromatic nitrogens is 1. The molecule has 0 unspecified atom stereocenters. The summed E-state index contributed by atoms with van der Waals surface area (Å²) < 4.78 is 0. The van der Waals surface area contributed by atoms with Crippen LogP contribution in [-0.4, -0.2) is 71.6 Å². The van der Waals surface area contributed by atoms with Crippen molar-refractivity contribution in [3.05, 3.63) is 34.7 Å². The molecule has 4 N–H and O–H groups in total. The molecule has 0 bridgehead atoms. The van der Waals surface area contributed by atoms with Gasteiger partial charge in [-0.3, -0.25) is 4.90 Å². The van der Waals surface area contributed by atoms with E-state index in [9.17, 15) is 5.11 Å². The van der Waals surface area contributed by atoms with Crippen molar-refractivity contribution < 1.29 is 10.2 Å². The van der Waals surface area contributed by atoms with Crippen molar-refractivity contribution in [2.45, 2.75) is 50.7 Å². The molecule has 1 fully saturated rings. The highest BCUT2D eigenvalue weighted by molar-refractivity contribution is 7.14. The van der Waals surface area contributed by atoms with Gasteiger partial charge in [0.25, 0.3) is 0 Å². The van der Waals surface area contributed by atoms with Crippen LogP contribution in [0.3, 0.4) is 0 Å². The molecule has 30 heavy (non-hydrogen) atoms. The Kier molecular flexibility index (Phi) is 6.46. The van der Waals surface area contributed by atoms with Crippen molar-refractivity contribution in [2.24, 2.45) is 5.73 Å². The average molecular weight is 431 g/mol. The van der Waals surface area contributed by atoms with E-state index in [1.165, 1.54) is 23.1 Å². The summed E-state index contributed by atoms with van der Waals surface area (Å²) in [5.41, 5.74) is 11.2. The first kappa shape index (κ1) is 21.7. The van der Waals surface area contributed by atoms with Crippen molar-refractivity contribution in [1.29, 1.82) is 0 Å². The van der Waals surface area contributed by atoms with Crippen molar-refractivity contribution >= 4 is 16.5 Å². The van der Waals surface area contributed by atoms with E-state index in [0.717, 1.165) is 50.0 Å². The van der Waals surface area contributed by atoms with Crippen LogP contribution in [0.1, 0.15) is 37.8 Å². The van der Waals surface area contributed by atoms with Crippen molar-refractivity contribution in [3.63, 3.8) is 0 Å². The fraction of sp³-hybridized carbons (Fsp3) is 0.609. The highest BCUT2D eigenvalue weighted by Crippen LogP contribution is 2.40. The molecular weight excluding hydrogens is 396 g/mol. The lowest BCUT2D eigenvalue weighted by Crippen LogP contribution is -2.48. The molecule has 0 radical (unpaired) electrons. The molecule has 164 valence electrons. The maximum absolute atomic E-state index is 9.95. The number of piperazine rings is 1. The Morgan fingerprint density at radius 2 is 2.00 bits per heavy atom. The second kappa shape index (κ2) is 8.93. The standard InChI is InChI=1S/C23H34N4O2S/c1-23(2)7-5-16-13-17(3-4-18(16)23)20-15-30-22(25-20)27-11-9-26(10-12-27)8-6-21(29)19(24)14-28/h3-4,13,15,19,21,28-29H,5-12,14,24H2,1-2H3/t19-,21-/m0/s1. The zero-order chi connectivity index (χ0) is 21.3. The molecule has 0 spiro atoms. The minimum Gasteiger partial charge on any atom is -0.395 e. The third-order valence-electron chi connectivity index (χ3n) is 6.73. The minimum atomic E-state index is -0.646. The number of rotatable bonds is 7. The molecule has 6 nitrogen and oxygen atoms in total. The summed E-state index contributed by atoms with van der Waals surface area (Å²) in [6.07, 6.45) is 2.33. The lowest BCUT2D eigenvalue weighted by Gasteiger charge is -2.35. The first-order valence-electron chi connectivity index (χ1n) is 11.0. The Morgan fingerprint density at radius 1 is 1.23 bits per heavy atom. The van der Waals surface area contributed by atoms with Gasteiger partial charge in [0.15, 0.2) is 5.13 Å². The zero-order valence-electron chi connectivity index (χ0n) is 18.0. The van der Waals surface area contributed by atoms with Crippen molar-refractivity contribution in [2.75, 3.05) is 44.2 Å². The lowest BCUT2D eigenvalue weighted by atomic mass is 9.86. The third-order valence-corrected chi connectivity index (χ3v) is 7.63. The van der Waals surface area contributed by atoms with Gasteiger partial charge in [0, 0.05) is 43.7 Å². The summed E-state index contributed by atoms with van der Waals surface area (Å²) in [7, 11) is 0. The van der Waals surface area contributed by atoms with Crippen LogP contribution in [0.25, 0.3) is 11.3 Å². The number of nitrogens with zero attached hydrogens (tertiary/aromatic N) is 3. The second-order valence-electron chi connectivity index (χ2n) is 9.30. The van der Waals surface area contributed by atoms with Crippen molar-refractivity contribution in [1.82, 2.24) is 9.88 Å². The van der Waals surface area contributed by atoms with Gasteiger partial charge in [0.1, 0.15) is 0 Å². The van der Waals surface area contributed by atoms with Gasteiger partial charge in [0.2, 0.25) is 0 Å². The van der Waals surface area contributed by atoms with Crippen LogP contribution in [-0.2, 0) is 11.8 Å². The van der Waals surface area contributed by atoms with Gasteiger partial charge in [-0.25, -0.2) is 4.98 Å². The van der Waals surface area contributed by atoms with Crippen LogP contribution in [0.2, 0.25) is 0 Å². The number of hydrogen-bond donors (Lipinski definition) is 3. The van der Waals surface area contributed by atoms with Crippen LogP contribution in [0, 0.1) is 0 Å². The van der Waals surface area contributed by atoms with Crippen LogP contribution in [0.5, 0.6) is 0 Å². The molecule has 1 aliphatic carbocycles. The summed E-state index contributed by atoms with van der Waals surface area (Å²) >= 11 is 1.72. The lowest BCUT2D eigenvalue weighted by molar-refractivity contribution is 0.0881. The molecule has 1 aliphatic heterocycles. The Hall–Kier alpha value is -1.51. The molecule has 7 heteroatoms. The summed E-state index contributed by atoms with van der Waals surface area (Å²) in [6.45, 7) is 9.07. The largest absolute Gasteiger partial charge is 0.395 e. The van der Waals surface area contributed by atoms with Crippen molar-refractivity contribution in [3.8, 4) is 11.3 Å². The SMILES string of the molecule is CC1(C)CCc2cc(-c3csc(N4CCN(CC[C@H](O)[C@@H](N)CO)CC4)n3)ccc21. The van der Waals surface area contributed by atoms with E-state index >= 15 is 0 Å². The summed E-state index contributed by atoms with van der Waals surface area (Å²) in [5.74, 6) is 0.